The van der Waals surface area contributed by atoms with Gasteiger partial charge in [-0.05, 0) is 37.7 Å². The van der Waals surface area contributed by atoms with Gasteiger partial charge in [0.1, 0.15) is 0 Å². The molecule has 0 aliphatic carbocycles. The molecule has 0 bridgehead atoms. The summed E-state index contributed by atoms with van der Waals surface area (Å²) >= 11 is 3.46. The molecule has 1 fully saturated rings. The van der Waals surface area contributed by atoms with Crippen LogP contribution in [0.1, 0.15) is 12.0 Å². The van der Waals surface area contributed by atoms with E-state index in [9.17, 15) is 9.59 Å². The Balaban J connectivity index is 2.07. The zero-order valence-corrected chi connectivity index (χ0v) is 14.8. The van der Waals surface area contributed by atoms with E-state index in [1.807, 2.05) is 32.2 Å². The summed E-state index contributed by atoms with van der Waals surface area (Å²) < 4.78 is 1.02. The Morgan fingerprint density at radius 3 is 2.86 bits per heavy atom. The number of aryl methyl sites for hydroxylation is 1. The Kier molecular flexibility index (Phi) is 5.58. The highest BCUT2D eigenvalue weighted by Gasteiger charge is 2.36. The number of nitrogens with one attached hydrogen (secondary N) is 1. The molecule has 0 radical (unpaired) electrons. The minimum Gasteiger partial charge on any atom is -0.344 e. The van der Waals surface area contributed by atoms with E-state index in [1.165, 1.54) is 0 Å². The highest BCUT2D eigenvalue weighted by atomic mass is 79.9. The zero-order valence-electron chi connectivity index (χ0n) is 13.2. The molecule has 2 rings (SSSR count). The number of anilines is 1. The van der Waals surface area contributed by atoms with Crippen LogP contribution in [-0.4, -0.2) is 50.4 Å². The molecular formula is C16H22BrN3O2. The van der Waals surface area contributed by atoms with Crippen LogP contribution in [0.25, 0.3) is 0 Å². The molecule has 1 atom stereocenters. The third-order valence-electron chi connectivity index (χ3n) is 4.00. The van der Waals surface area contributed by atoms with E-state index < -0.39 is 0 Å². The van der Waals surface area contributed by atoms with Gasteiger partial charge in [0.2, 0.25) is 11.8 Å². The molecule has 5 nitrogen and oxygen atoms in total. The van der Waals surface area contributed by atoms with E-state index >= 15 is 0 Å². The number of benzene rings is 1. The highest BCUT2D eigenvalue weighted by Crippen LogP contribution is 2.29. The summed E-state index contributed by atoms with van der Waals surface area (Å²) in [5.74, 6) is -0.194. The van der Waals surface area contributed by atoms with Crippen molar-refractivity contribution < 1.29 is 9.59 Å². The quantitative estimate of drug-likeness (QED) is 0.862. The Bertz CT molecular complexity index is 577. The van der Waals surface area contributed by atoms with Crippen LogP contribution in [0.3, 0.4) is 0 Å². The van der Waals surface area contributed by atoms with E-state index in [4.69, 9.17) is 0 Å². The Hall–Kier alpha value is -1.40. The number of carbonyl (C=O) groups is 2. The second-order valence-corrected chi connectivity index (χ2v) is 6.56. The van der Waals surface area contributed by atoms with Gasteiger partial charge in [0.05, 0.1) is 5.92 Å². The Morgan fingerprint density at radius 2 is 2.23 bits per heavy atom. The summed E-state index contributed by atoms with van der Waals surface area (Å²) in [5, 5.41) is 3.02. The number of amides is 2. The van der Waals surface area contributed by atoms with E-state index in [2.05, 4.69) is 21.2 Å². The van der Waals surface area contributed by atoms with Gasteiger partial charge in [0.15, 0.2) is 0 Å². The molecule has 1 aromatic carbocycles. The second kappa shape index (κ2) is 7.24. The van der Waals surface area contributed by atoms with Crippen LogP contribution in [-0.2, 0) is 9.59 Å². The summed E-state index contributed by atoms with van der Waals surface area (Å²) in [6, 6.07) is 5.82. The smallest absolute Gasteiger partial charge is 0.227 e. The molecule has 6 heteroatoms. The van der Waals surface area contributed by atoms with Gasteiger partial charge in [0, 0.05) is 43.3 Å². The maximum atomic E-state index is 12.4. The Labute approximate surface area is 139 Å². The van der Waals surface area contributed by atoms with Crippen molar-refractivity contribution in [1.29, 1.82) is 0 Å². The lowest BCUT2D eigenvalue weighted by Gasteiger charge is -2.21. The number of halogens is 1. The average molecular weight is 368 g/mol. The van der Waals surface area contributed by atoms with Crippen LogP contribution in [0.15, 0.2) is 22.7 Å². The van der Waals surface area contributed by atoms with Crippen LogP contribution in [0.4, 0.5) is 5.69 Å². The van der Waals surface area contributed by atoms with Crippen molar-refractivity contribution in [2.75, 3.05) is 38.6 Å². The normalized spacial score (nSPS) is 17.9. The van der Waals surface area contributed by atoms with Gasteiger partial charge < -0.3 is 15.1 Å². The summed E-state index contributed by atoms with van der Waals surface area (Å²) in [6.07, 6.45) is 0.290. The number of likely N-dealkylation sites (N-methyl/N-ethyl adjacent to an activating group) is 2. The fraction of sp³-hybridized carbons (Fsp3) is 0.500. The van der Waals surface area contributed by atoms with E-state index in [0.29, 0.717) is 13.1 Å². The molecule has 1 aliphatic rings. The maximum Gasteiger partial charge on any atom is 0.227 e. The third-order valence-corrected chi connectivity index (χ3v) is 4.89. The van der Waals surface area contributed by atoms with Crippen LogP contribution in [0, 0.1) is 12.8 Å². The van der Waals surface area contributed by atoms with E-state index in [1.54, 1.807) is 16.8 Å². The van der Waals surface area contributed by atoms with Crippen molar-refractivity contribution in [3.8, 4) is 0 Å². The highest BCUT2D eigenvalue weighted by molar-refractivity contribution is 9.10. The molecule has 120 valence electrons. The molecule has 0 saturated carbocycles. The third kappa shape index (κ3) is 3.67. The van der Waals surface area contributed by atoms with Gasteiger partial charge >= 0.3 is 0 Å². The number of carbonyl (C=O) groups excluding carboxylic acids is 2. The lowest BCUT2D eigenvalue weighted by Crippen LogP contribution is -2.38. The van der Waals surface area contributed by atoms with Crippen molar-refractivity contribution >= 4 is 33.4 Å². The monoisotopic (exact) mass is 367 g/mol. The fourth-order valence-corrected chi connectivity index (χ4v) is 2.87. The molecule has 1 aromatic rings. The molecule has 0 spiro atoms. The van der Waals surface area contributed by atoms with Gasteiger partial charge in [-0.3, -0.25) is 9.59 Å². The summed E-state index contributed by atoms with van der Waals surface area (Å²) in [4.78, 5) is 28.1. The average Bonchev–Trinajstić information content (AvgIpc) is 2.88. The summed E-state index contributed by atoms with van der Waals surface area (Å²) in [7, 11) is 3.64. The van der Waals surface area contributed by atoms with Crippen molar-refractivity contribution in [3.63, 3.8) is 0 Å². The van der Waals surface area contributed by atoms with Crippen molar-refractivity contribution in [2.45, 2.75) is 13.3 Å². The molecular weight excluding hydrogens is 346 g/mol. The first-order valence-corrected chi connectivity index (χ1v) is 8.19. The van der Waals surface area contributed by atoms with Gasteiger partial charge in [0.25, 0.3) is 0 Å². The van der Waals surface area contributed by atoms with E-state index in [-0.39, 0.29) is 24.2 Å². The largest absolute Gasteiger partial charge is 0.344 e. The number of rotatable bonds is 5. The standard InChI is InChI=1S/C16H22BrN3O2/c1-11-8-13(4-5-14(11)17)20-10-12(9-15(20)21)16(22)19(3)7-6-18-2/h4-5,8,12,18H,6-7,9-10H2,1-3H3. The number of nitrogens with zero attached hydrogens (tertiary/aromatic N) is 2. The minimum absolute atomic E-state index is 0.0158. The summed E-state index contributed by atoms with van der Waals surface area (Å²) in [5.41, 5.74) is 1.94. The topological polar surface area (TPSA) is 52.7 Å². The van der Waals surface area contributed by atoms with Gasteiger partial charge in [-0.1, -0.05) is 15.9 Å². The van der Waals surface area contributed by atoms with Crippen molar-refractivity contribution in [3.05, 3.63) is 28.2 Å². The molecule has 22 heavy (non-hydrogen) atoms. The first-order chi connectivity index (χ1) is 10.4. The molecule has 1 heterocycles. The molecule has 1 saturated heterocycles. The molecule has 2 amide bonds. The van der Waals surface area contributed by atoms with Crippen LogP contribution >= 0.6 is 15.9 Å². The summed E-state index contributed by atoms with van der Waals surface area (Å²) in [6.45, 7) is 3.85. The number of hydrogen-bond acceptors (Lipinski definition) is 3. The minimum atomic E-state index is -0.252. The lowest BCUT2D eigenvalue weighted by molar-refractivity contribution is -0.134. The fourth-order valence-electron chi connectivity index (χ4n) is 2.62. The molecule has 0 aromatic heterocycles. The van der Waals surface area contributed by atoms with Crippen molar-refractivity contribution in [1.82, 2.24) is 10.2 Å². The Morgan fingerprint density at radius 1 is 1.50 bits per heavy atom. The van der Waals surface area contributed by atoms with Gasteiger partial charge in [-0.15, -0.1) is 0 Å². The first kappa shape index (κ1) is 17.0. The van der Waals surface area contributed by atoms with Crippen molar-refractivity contribution in [2.24, 2.45) is 5.92 Å². The first-order valence-electron chi connectivity index (χ1n) is 7.40. The predicted octanol–water partition coefficient (Wildman–Crippen LogP) is 1.79. The van der Waals surface area contributed by atoms with Crippen LogP contribution in [0.2, 0.25) is 0 Å². The van der Waals surface area contributed by atoms with Gasteiger partial charge in [-0.2, -0.15) is 0 Å². The predicted molar refractivity (Wildman–Crippen MR) is 90.9 cm³/mol. The van der Waals surface area contributed by atoms with Gasteiger partial charge in [-0.25, -0.2) is 0 Å². The second-order valence-electron chi connectivity index (χ2n) is 5.70. The molecule has 1 N–H and O–H groups in total. The molecule has 1 unspecified atom stereocenters. The SMILES string of the molecule is CNCCN(C)C(=O)C1CC(=O)N(c2ccc(Br)c(C)c2)C1. The maximum absolute atomic E-state index is 12.4. The van der Waals surface area contributed by atoms with E-state index in [0.717, 1.165) is 22.3 Å². The lowest BCUT2D eigenvalue weighted by atomic mass is 10.1. The molecule has 1 aliphatic heterocycles. The zero-order chi connectivity index (χ0) is 16.3. The van der Waals surface area contributed by atoms with Crippen LogP contribution in [0.5, 0.6) is 0 Å². The number of hydrogen-bond donors (Lipinski definition) is 1. The van der Waals surface area contributed by atoms with Crippen LogP contribution < -0.4 is 10.2 Å².